The van der Waals surface area contributed by atoms with Crippen LogP contribution in [-0.4, -0.2) is 97.7 Å². The van der Waals surface area contributed by atoms with Crippen LogP contribution in [0.2, 0.25) is 0 Å². The Labute approximate surface area is 227 Å². The standard InChI is InChI=1S/C27H41N3O9/c1-14(2)21-18(25(30-29-21)39-26-24(36)23(35)22(34)19(12-31)38-26)11-16-6-7-17(10-15(16)3)37-9-8-20(33)28-27(4,5)13-32/h6-7,10,14,19,22-24,26,31-32,34-36H,8-9,11-13H2,1-5H3,(H,28,33)(H,29,30)/t19-,22-,23+,24-,26?/m1/s1. The normalized spacial score (nSPS) is 23.6. The van der Waals surface area contributed by atoms with Crippen LogP contribution in [0.4, 0.5) is 0 Å². The third-order valence-electron chi connectivity index (χ3n) is 6.67. The van der Waals surface area contributed by atoms with Crippen LogP contribution in [0, 0.1) is 6.92 Å². The summed E-state index contributed by atoms with van der Waals surface area (Å²) < 4.78 is 17.1. The van der Waals surface area contributed by atoms with E-state index in [4.69, 9.17) is 14.2 Å². The Hall–Kier alpha value is -2.74. The quantitative estimate of drug-likeness (QED) is 0.193. The van der Waals surface area contributed by atoms with Gasteiger partial charge in [-0.15, -0.1) is 5.10 Å². The van der Waals surface area contributed by atoms with Crippen molar-refractivity contribution < 1.29 is 44.5 Å². The average molecular weight is 552 g/mol. The van der Waals surface area contributed by atoms with Crippen molar-refractivity contribution in [2.45, 2.75) is 89.6 Å². The molecule has 0 spiro atoms. The molecule has 0 radical (unpaired) electrons. The van der Waals surface area contributed by atoms with Crippen molar-refractivity contribution in [3.8, 4) is 11.6 Å². The van der Waals surface area contributed by atoms with Crippen molar-refractivity contribution in [3.05, 3.63) is 40.6 Å². The Balaban J connectivity index is 1.71. The zero-order chi connectivity index (χ0) is 28.9. The van der Waals surface area contributed by atoms with E-state index in [1.54, 1.807) is 13.8 Å². The fraction of sp³-hybridized carbons (Fsp3) is 0.630. The number of carbonyl (C=O) groups excluding carboxylic acids is 1. The Morgan fingerprint density at radius 1 is 1.18 bits per heavy atom. The maximum atomic E-state index is 12.1. The molecule has 0 aliphatic carbocycles. The second kappa shape index (κ2) is 13.1. The van der Waals surface area contributed by atoms with Crippen LogP contribution in [0.3, 0.4) is 0 Å². The number of H-pyrrole nitrogens is 1. The highest BCUT2D eigenvalue weighted by Crippen LogP contribution is 2.32. The summed E-state index contributed by atoms with van der Waals surface area (Å²) in [6.07, 6.45) is -6.46. The smallest absolute Gasteiger partial charge is 0.238 e. The number of aromatic amines is 1. The Bertz CT molecular complexity index is 1100. The van der Waals surface area contributed by atoms with Crippen LogP contribution in [0.5, 0.6) is 11.6 Å². The van der Waals surface area contributed by atoms with Gasteiger partial charge < -0.3 is 45.1 Å². The Morgan fingerprint density at radius 2 is 1.90 bits per heavy atom. The number of aliphatic hydroxyl groups excluding tert-OH is 5. The number of nitrogens with one attached hydrogen (secondary N) is 2. The molecule has 3 rings (SSSR count). The highest BCUT2D eigenvalue weighted by Gasteiger charge is 2.45. The van der Waals surface area contributed by atoms with Crippen LogP contribution in [-0.2, 0) is 16.0 Å². The van der Waals surface area contributed by atoms with Gasteiger partial charge >= 0.3 is 0 Å². The van der Waals surface area contributed by atoms with E-state index in [9.17, 15) is 30.3 Å². The van der Waals surface area contributed by atoms with E-state index in [2.05, 4.69) is 15.5 Å². The van der Waals surface area contributed by atoms with E-state index < -0.39 is 42.9 Å². The number of aryl methyl sites for hydroxylation is 1. The molecule has 12 nitrogen and oxygen atoms in total. The van der Waals surface area contributed by atoms with E-state index in [0.29, 0.717) is 12.2 Å². The van der Waals surface area contributed by atoms with E-state index >= 15 is 0 Å². The molecule has 0 saturated carbocycles. The topological polar surface area (TPSA) is 187 Å². The number of aromatic nitrogens is 2. The molecular weight excluding hydrogens is 510 g/mol. The van der Waals surface area contributed by atoms with Gasteiger partial charge in [0.15, 0.2) is 0 Å². The molecule has 2 heterocycles. The van der Waals surface area contributed by atoms with Crippen molar-refractivity contribution in [2.24, 2.45) is 0 Å². The number of hydrogen-bond acceptors (Lipinski definition) is 10. The molecule has 1 aliphatic rings. The molecule has 1 aliphatic heterocycles. The minimum Gasteiger partial charge on any atom is -0.493 e. The summed E-state index contributed by atoms with van der Waals surface area (Å²) in [5.74, 6) is 0.652. The monoisotopic (exact) mass is 551 g/mol. The molecule has 1 saturated heterocycles. The number of aliphatic hydroxyl groups is 5. The molecule has 39 heavy (non-hydrogen) atoms. The maximum absolute atomic E-state index is 12.1. The fourth-order valence-corrected chi connectivity index (χ4v) is 4.27. The Kier molecular flexibility index (Phi) is 10.3. The molecule has 1 unspecified atom stereocenters. The molecule has 1 aromatic heterocycles. The summed E-state index contributed by atoms with van der Waals surface area (Å²) in [5, 5.41) is 59.3. The second-order valence-electron chi connectivity index (χ2n) is 10.8. The molecule has 7 N–H and O–H groups in total. The van der Waals surface area contributed by atoms with Crippen LogP contribution in [0.1, 0.15) is 62.4 Å². The average Bonchev–Trinajstić information content (AvgIpc) is 3.27. The van der Waals surface area contributed by atoms with Crippen LogP contribution in [0.15, 0.2) is 18.2 Å². The lowest BCUT2D eigenvalue weighted by atomic mass is 9.96. The predicted octanol–water partition coefficient (Wildman–Crippen LogP) is 0.267. The molecule has 0 bridgehead atoms. The SMILES string of the molecule is Cc1cc(OCCC(=O)NC(C)(C)CO)ccc1Cc1c(OC2O[C@H](CO)[C@@H](O)[C@H](O)[C@H]2O)n[nH]c1C(C)C. The molecule has 1 fully saturated rings. The number of nitrogens with zero attached hydrogens (tertiary/aromatic N) is 1. The summed E-state index contributed by atoms with van der Waals surface area (Å²) >= 11 is 0. The van der Waals surface area contributed by atoms with Gasteiger partial charge in [-0.1, -0.05) is 19.9 Å². The number of rotatable bonds is 12. The lowest BCUT2D eigenvalue weighted by Crippen LogP contribution is -2.60. The maximum Gasteiger partial charge on any atom is 0.238 e. The summed E-state index contributed by atoms with van der Waals surface area (Å²) in [6.45, 7) is 8.86. The van der Waals surface area contributed by atoms with Gasteiger partial charge in [-0.2, -0.15) is 0 Å². The van der Waals surface area contributed by atoms with Crippen LogP contribution in [0.25, 0.3) is 0 Å². The van der Waals surface area contributed by atoms with Crippen LogP contribution >= 0.6 is 0 Å². The number of amides is 1. The zero-order valence-electron chi connectivity index (χ0n) is 23.0. The second-order valence-corrected chi connectivity index (χ2v) is 10.8. The van der Waals surface area contributed by atoms with E-state index in [1.165, 1.54) is 0 Å². The van der Waals surface area contributed by atoms with Crippen LogP contribution < -0.4 is 14.8 Å². The Morgan fingerprint density at radius 3 is 2.51 bits per heavy atom. The summed E-state index contributed by atoms with van der Waals surface area (Å²) in [7, 11) is 0. The van der Waals surface area contributed by atoms with E-state index in [1.807, 2.05) is 39.0 Å². The van der Waals surface area contributed by atoms with Crippen molar-refractivity contribution in [2.75, 3.05) is 19.8 Å². The third-order valence-corrected chi connectivity index (χ3v) is 6.67. The number of hydrogen-bond donors (Lipinski definition) is 7. The first kappa shape index (κ1) is 30.8. The first-order chi connectivity index (χ1) is 18.4. The minimum atomic E-state index is -1.56. The van der Waals surface area contributed by atoms with Gasteiger partial charge in [0.1, 0.15) is 30.2 Å². The molecule has 12 heteroatoms. The van der Waals surface area contributed by atoms with Gasteiger partial charge in [0, 0.05) is 17.7 Å². The van der Waals surface area contributed by atoms with Gasteiger partial charge in [0.2, 0.25) is 18.1 Å². The van der Waals surface area contributed by atoms with Gasteiger partial charge in [0.25, 0.3) is 0 Å². The number of carbonyl (C=O) groups is 1. The highest BCUT2D eigenvalue weighted by molar-refractivity contribution is 5.76. The molecule has 218 valence electrons. The lowest BCUT2D eigenvalue weighted by molar-refractivity contribution is -0.278. The molecule has 1 aromatic carbocycles. The number of ether oxygens (including phenoxy) is 3. The molecule has 5 atom stereocenters. The van der Waals surface area contributed by atoms with Gasteiger partial charge in [0.05, 0.1) is 31.8 Å². The van der Waals surface area contributed by atoms with Gasteiger partial charge in [-0.3, -0.25) is 9.89 Å². The van der Waals surface area contributed by atoms with Gasteiger partial charge in [-0.25, -0.2) is 0 Å². The molecule has 2 aromatic rings. The molecular formula is C27H41N3O9. The van der Waals surface area contributed by atoms with E-state index in [-0.39, 0.29) is 37.3 Å². The first-order valence-corrected chi connectivity index (χ1v) is 13.0. The first-order valence-electron chi connectivity index (χ1n) is 13.0. The highest BCUT2D eigenvalue weighted by atomic mass is 16.7. The summed E-state index contributed by atoms with van der Waals surface area (Å²) in [6, 6.07) is 5.59. The number of benzene rings is 1. The van der Waals surface area contributed by atoms with E-state index in [0.717, 1.165) is 22.4 Å². The summed E-state index contributed by atoms with van der Waals surface area (Å²) in [4.78, 5) is 12.1. The third kappa shape index (κ3) is 7.68. The van der Waals surface area contributed by atoms with Crippen molar-refractivity contribution >= 4 is 5.91 Å². The van der Waals surface area contributed by atoms with Gasteiger partial charge in [-0.05, 0) is 49.9 Å². The molecule has 1 amide bonds. The predicted molar refractivity (Wildman–Crippen MR) is 140 cm³/mol. The fourth-order valence-electron chi connectivity index (χ4n) is 4.27. The van der Waals surface area contributed by atoms with Crippen molar-refractivity contribution in [3.63, 3.8) is 0 Å². The zero-order valence-corrected chi connectivity index (χ0v) is 23.0. The minimum absolute atomic E-state index is 0.0736. The largest absolute Gasteiger partial charge is 0.493 e. The lowest BCUT2D eigenvalue weighted by Gasteiger charge is -2.39. The summed E-state index contributed by atoms with van der Waals surface area (Å²) in [5.41, 5.74) is 2.77. The van der Waals surface area contributed by atoms with Crippen molar-refractivity contribution in [1.82, 2.24) is 15.5 Å². The van der Waals surface area contributed by atoms with Crippen molar-refractivity contribution in [1.29, 1.82) is 0 Å².